The van der Waals surface area contributed by atoms with Gasteiger partial charge in [-0.3, -0.25) is 0 Å². The van der Waals surface area contributed by atoms with Crippen LogP contribution in [0.25, 0.3) is 0 Å². The molecule has 0 heterocycles. The minimum absolute atomic E-state index is 1.04. The van der Waals surface area contributed by atoms with E-state index in [2.05, 4.69) is 63.9 Å². The fraction of sp³-hybridized carbons (Fsp3) is 0.571. The first-order valence-corrected chi connectivity index (χ1v) is 5.82. The Bertz CT molecular complexity index is 238. The lowest BCUT2D eigenvalue weighted by Crippen LogP contribution is -2.15. The molecule has 0 bridgehead atoms. The highest BCUT2D eigenvalue weighted by molar-refractivity contribution is 5.17. The Labute approximate surface area is 95.2 Å². The molecule has 1 heteroatoms. The molecule has 0 radical (unpaired) electrons. The van der Waals surface area contributed by atoms with E-state index < -0.39 is 0 Å². The number of hydrogen-bond donors (Lipinski definition) is 0. The van der Waals surface area contributed by atoms with Crippen molar-refractivity contribution in [1.29, 1.82) is 0 Å². The van der Waals surface area contributed by atoms with Gasteiger partial charge in [-0.1, -0.05) is 23.3 Å². The van der Waals surface area contributed by atoms with E-state index in [1.165, 1.54) is 11.1 Å². The van der Waals surface area contributed by atoms with E-state index in [1.54, 1.807) is 0 Å². The van der Waals surface area contributed by atoms with Crippen LogP contribution in [0.1, 0.15) is 41.0 Å². The van der Waals surface area contributed by atoms with Gasteiger partial charge in [-0.25, -0.2) is 0 Å². The maximum absolute atomic E-state index is 2.29. The molecule has 0 saturated carbocycles. The molecule has 0 N–H and O–H groups in total. The molecule has 0 aromatic rings. The second-order valence-electron chi connectivity index (χ2n) is 4.00. The summed E-state index contributed by atoms with van der Waals surface area (Å²) in [5.74, 6) is 0. The van der Waals surface area contributed by atoms with Crippen molar-refractivity contribution in [3.63, 3.8) is 0 Å². The number of hydrogen-bond acceptors (Lipinski definition) is 1. The predicted octanol–water partition coefficient (Wildman–Crippen LogP) is 4.14. The third-order valence-electron chi connectivity index (χ3n) is 2.33. The minimum atomic E-state index is 1.04. The van der Waals surface area contributed by atoms with Crippen LogP contribution in [0.3, 0.4) is 0 Å². The Balaban J connectivity index is 4.10. The van der Waals surface area contributed by atoms with Crippen LogP contribution in [0.2, 0.25) is 0 Å². The molecule has 86 valence electrons. The summed E-state index contributed by atoms with van der Waals surface area (Å²) in [6, 6.07) is 0. The van der Waals surface area contributed by atoms with Gasteiger partial charge in [0.2, 0.25) is 0 Å². The first-order valence-electron chi connectivity index (χ1n) is 5.82. The smallest absolute Gasteiger partial charge is 0.0143 e. The lowest BCUT2D eigenvalue weighted by atomic mass is 10.2. The van der Waals surface area contributed by atoms with Crippen LogP contribution >= 0.6 is 0 Å². The molecule has 0 saturated heterocycles. The Morgan fingerprint density at radius 2 is 1.60 bits per heavy atom. The maximum atomic E-state index is 2.29. The zero-order valence-corrected chi connectivity index (χ0v) is 10.9. The van der Waals surface area contributed by atoms with Crippen LogP contribution in [-0.4, -0.2) is 18.0 Å². The molecular weight excluding hydrogens is 182 g/mol. The van der Waals surface area contributed by atoms with Crippen LogP contribution in [0.15, 0.2) is 35.6 Å². The van der Waals surface area contributed by atoms with Gasteiger partial charge in [-0.15, -0.1) is 0 Å². The highest BCUT2D eigenvalue weighted by Gasteiger charge is 1.89. The van der Waals surface area contributed by atoms with E-state index in [4.69, 9.17) is 0 Å². The minimum Gasteiger partial charge on any atom is -0.378 e. The average Bonchev–Trinajstić information content (AvgIpc) is 2.18. The molecule has 1 nitrogen and oxygen atoms in total. The molecule has 0 aliphatic carbocycles. The lowest BCUT2D eigenvalue weighted by Gasteiger charge is -2.14. The van der Waals surface area contributed by atoms with Crippen molar-refractivity contribution in [2.45, 2.75) is 41.0 Å². The molecular formula is C14H25N. The molecule has 0 aliphatic rings. The highest BCUT2D eigenvalue weighted by Crippen LogP contribution is 2.02. The van der Waals surface area contributed by atoms with Gasteiger partial charge in [0.15, 0.2) is 0 Å². The number of rotatable bonds is 6. The van der Waals surface area contributed by atoms with Gasteiger partial charge < -0.3 is 4.90 Å². The van der Waals surface area contributed by atoms with Gasteiger partial charge in [0, 0.05) is 13.1 Å². The highest BCUT2D eigenvalue weighted by atomic mass is 15.1. The van der Waals surface area contributed by atoms with Crippen molar-refractivity contribution in [1.82, 2.24) is 4.90 Å². The van der Waals surface area contributed by atoms with Crippen molar-refractivity contribution >= 4 is 0 Å². The van der Waals surface area contributed by atoms with Crippen LogP contribution in [0.5, 0.6) is 0 Å². The second kappa shape index (κ2) is 8.34. The summed E-state index contributed by atoms with van der Waals surface area (Å²) < 4.78 is 0. The molecule has 0 aromatic heterocycles. The van der Waals surface area contributed by atoms with Crippen LogP contribution < -0.4 is 0 Å². The van der Waals surface area contributed by atoms with Gasteiger partial charge in [0.25, 0.3) is 0 Å². The molecule has 0 unspecified atom stereocenters. The first kappa shape index (κ1) is 14.0. The van der Waals surface area contributed by atoms with Gasteiger partial charge in [0.1, 0.15) is 0 Å². The Morgan fingerprint density at radius 1 is 1.00 bits per heavy atom. The van der Waals surface area contributed by atoms with Crippen molar-refractivity contribution in [3.8, 4) is 0 Å². The summed E-state index contributed by atoms with van der Waals surface area (Å²) in [7, 11) is 0. The van der Waals surface area contributed by atoms with Crippen LogP contribution in [0, 0.1) is 0 Å². The van der Waals surface area contributed by atoms with Crippen molar-refractivity contribution < 1.29 is 0 Å². The van der Waals surface area contributed by atoms with E-state index in [9.17, 15) is 0 Å². The Hall–Kier alpha value is -0.980. The van der Waals surface area contributed by atoms with Crippen molar-refractivity contribution in [2.75, 3.05) is 13.1 Å². The third-order valence-corrected chi connectivity index (χ3v) is 2.33. The summed E-state index contributed by atoms with van der Waals surface area (Å²) >= 11 is 0. The van der Waals surface area contributed by atoms with E-state index in [-0.39, 0.29) is 0 Å². The molecule has 0 atom stereocenters. The maximum Gasteiger partial charge on any atom is 0.0143 e. The zero-order chi connectivity index (χ0) is 11.7. The standard InChI is InChI=1S/C14H25N/c1-6-15(7-2)12-11-14(5)10-8-9-13(3)4/h9-12H,6-8H2,1-5H3. The number of nitrogens with zero attached hydrogens (tertiary/aromatic N) is 1. The van der Waals surface area contributed by atoms with E-state index in [0.29, 0.717) is 0 Å². The summed E-state index contributed by atoms with van der Waals surface area (Å²) in [6.45, 7) is 12.9. The largest absolute Gasteiger partial charge is 0.378 e. The Morgan fingerprint density at radius 3 is 2.07 bits per heavy atom. The molecule has 0 aliphatic heterocycles. The van der Waals surface area contributed by atoms with Gasteiger partial charge >= 0.3 is 0 Å². The van der Waals surface area contributed by atoms with Gasteiger partial charge in [0.05, 0.1) is 0 Å². The summed E-state index contributed by atoms with van der Waals surface area (Å²) in [5, 5.41) is 0. The van der Waals surface area contributed by atoms with Crippen molar-refractivity contribution in [2.24, 2.45) is 0 Å². The lowest BCUT2D eigenvalue weighted by molar-refractivity contribution is 0.418. The monoisotopic (exact) mass is 207 g/mol. The summed E-state index contributed by atoms with van der Waals surface area (Å²) in [5.41, 5.74) is 2.71. The molecule has 0 aromatic carbocycles. The van der Waals surface area contributed by atoms with E-state index >= 15 is 0 Å². The molecule has 15 heavy (non-hydrogen) atoms. The molecule has 0 spiro atoms. The van der Waals surface area contributed by atoms with Crippen LogP contribution in [0.4, 0.5) is 0 Å². The van der Waals surface area contributed by atoms with Gasteiger partial charge in [-0.05, 0) is 53.3 Å². The quantitative estimate of drug-likeness (QED) is 0.467. The second-order valence-corrected chi connectivity index (χ2v) is 4.00. The molecule has 0 fully saturated rings. The van der Waals surface area contributed by atoms with E-state index in [0.717, 1.165) is 19.5 Å². The van der Waals surface area contributed by atoms with Crippen molar-refractivity contribution in [3.05, 3.63) is 35.6 Å². The first-order chi connectivity index (χ1) is 7.10. The molecule has 0 amide bonds. The van der Waals surface area contributed by atoms with E-state index in [1.807, 2.05) is 0 Å². The topological polar surface area (TPSA) is 3.24 Å². The van der Waals surface area contributed by atoms with Crippen LogP contribution in [-0.2, 0) is 0 Å². The fourth-order valence-electron chi connectivity index (χ4n) is 1.21. The fourth-order valence-corrected chi connectivity index (χ4v) is 1.21. The number of allylic oxidation sites excluding steroid dienone is 5. The Kier molecular flexibility index (Phi) is 7.79. The molecule has 0 rings (SSSR count). The zero-order valence-electron chi connectivity index (χ0n) is 10.9. The summed E-state index contributed by atoms with van der Waals surface area (Å²) in [6.07, 6.45) is 9.90. The third kappa shape index (κ3) is 8.04. The average molecular weight is 207 g/mol. The normalized spacial score (nSPS) is 11.9. The summed E-state index contributed by atoms with van der Waals surface area (Å²) in [4.78, 5) is 2.29. The SMILES string of the molecule is CCN(C=CC(C)=CCC=C(C)C)CC. The van der Waals surface area contributed by atoms with Gasteiger partial charge in [-0.2, -0.15) is 0 Å². The predicted molar refractivity (Wildman–Crippen MR) is 69.9 cm³/mol.